The van der Waals surface area contributed by atoms with Crippen LogP contribution in [-0.2, 0) is 6.54 Å². The lowest BCUT2D eigenvalue weighted by Crippen LogP contribution is -2.25. The number of carbonyl (C=O) groups is 1. The molecule has 0 saturated heterocycles. The molecule has 0 saturated carbocycles. The summed E-state index contributed by atoms with van der Waals surface area (Å²) < 4.78 is 0.987. The highest BCUT2D eigenvalue weighted by Gasteiger charge is 2.15. The normalized spacial score (nSPS) is 10.1. The molecule has 1 aromatic carbocycles. The summed E-state index contributed by atoms with van der Waals surface area (Å²) in [6.07, 6.45) is 0. The molecule has 0 spiro atoms. The Bertz CT molecular complexity index is 668. The van der Waals surface area contributed by atoms with Crippen molar-refractivity contribution in [2.75, 3.05) is 7.05 Å². The van der Waals surface area contributed by atoms with E-state index < -0.39 is 0 Å². The maximum absolute atomic E-state index is 12.3. The molecule has 0 radical (unpaired) electrons. The first-order chi connectivity index (χ1) is 9.51. The lowest BCUT2D eigenvalue weighted by Gasteiger charge is -2.16. The van der Waals surface area contributed by atoms with Gasteiger partial charge in [0.25, 0.3) is 5.91 Å². The van der Waals surface area contributed by atoms with Gasteiger partial charge in [-0.2, -0.15) is 5.26 Å². The highest BCUT2D eigenvalue weighted by molar-refractivity contribution is 9.11. The molecule has 0 unspecified atom stereocenters. The van der Waals surface area contributed by atoms with Crippen LogP contribution in [0.15, 0.2) is 34.1 Å². The van der Waals surface area contributed by atoms with Gasteiger partial charge in [-0.1, -0.05) is 12.1 Å². The van der Waals surface area contributed by atoms with E-state index in [0.717, 1.165) is 14.9 Å². The van der Waals surface area contributed by atoms with Crippen LogP contribution in [0, 0.1) is 18.3 Å². The molecular formula is C15H13BrN2OS. The zero-order valence-corrected chi connectivity index (χ0v) is 13.6. The Balaban J connectivity index is 2.13. The smallest absolute Gasteiger partial charge is 0.264 e. The number of carbonyl (C=O) groups excluding carboxylic acids is 1. The van der Waals surface area contributed by atoms with Crippen molar-refractivity contribution in [1.29, 1.82) is 5.26 Å². The summed E-state index contributed by atoms with van der Waals surface area (Å²) in [5, 5.41) is 8.88. The third kappa shape index (κ3) is 3.27. The standard InChI is InChI=1S/C15H13BrN2OS/c1-10-6-13(20-14(10)16)15(19)18(2)9-12-5-3-4-11(7-12)8-17/h3-7H,9H2,1-2H3. The van der Waals surface area contributed by atoms with Gasteiger partial charge >= 0.3 is 0 Å². The molecule has 5 heteroatoms. The molecule has 1 aromatic heterocycles. The number of rotatable bonds is 3. The molecule has 0 fully saturated rings. The Morgan fingerprint density at radius 1 is 1.45 bits per heavy atom. The number of nitriles is 1. The molecule has 0 atom stereocenters. The van der Waals surface area contributed by atoms with E-state index in [9.17, 15) is 4.79 Å². The Morgan fingerprint density at radius 3 is 2.80 bits per heavy atom. The number of thiophene rings is 1. The Labute approximate surface area is 130 Å². The van der Waals surface area contributed by atoms with E-state index in [1.807, 2.05) is 25.1 Å². The summed E-state index contributed by atoms with van der Waals surface area (Å²) in [6.45, 7) is 2.46. The lowest BCUT2D eigenvalue weighted by molar-refractivity contribution is 0.0790. The SMILES string of the molecule is Cc1cc(C(=O)N(C)Cc2cccc(C#N)c2)sc1Br. The third-order valence-electron chi connectivity index (χ3n) is 2.89. The van der Waals surface area contributed by atoms with Gasteiger partial charge in [-0.05, 0) is 52.2 Å². The van der Waals surface area contributed by atoms with Crippen molar-refractivity contribution < 1.29 is 4.79 Å². The average Bonchev–Trinajstić information content (AvgIpc) is 2.78. The van der Waals surface area contributed by atoms with Crippen molar-refractivity contribution in [3.05, 3.63) is 55.7 Å². The fourth-order valence-electron chi connectivity index (χ4n) is 1.84. The predicted molar refractivity (Wildman–Crippen MR) is 83.7 cm³/mol. The Morgan fingerprint density at radius 2 is 2.20 bits per heavy atom. The maximum Gasteiger partial charge on any atom is 0.264 e. The molecule has 102 valence electrons. The quantitative estimate of drug-likeness (QED) is 0.842. The number of hydrogen-bond acceptors (Lipinski definition) is 3. The second kappa shape index (κ2) is 6.21. The molecule has 0 aliphatic heterocycles. The van der Waals surface area contributed by atoms with Crippen molar-refractivity contribution in [2.45, 2.75) is 13.5 Å². The molecule has 0 N–H and O–H groups in total. The second-order valence-electron chi connectivity index (χ2n) is 4.54. The minimum Gasteiger partial charge on any atom is -0.337 e. The molecule has 0 aliphatic carbocycles. The molecule has 1 heterocycles. The highest BCUT2D eigenvalue weighted by Crippen LogP contribution is 2.28. The summed E-state index contributed by atoms with van der Waals surface area (Å²) in [6, 6.07) is 11.3. The topological polar surface area (TPSA) is 44.1 Å². The molecule has 0 aliphatic rings. The van der Waals surface area contributed by atoms with Gasteiger partial charge in [-0.25, -0.2) is 0 Å². The van der Waals surface area contributed by atoms with Gasteiger partial charge in [0.15, 0.2) is 0 Å². The van der Waals surface area contributed by atoms with Gasteiger partial charge in [0.1, 0.15) is 0 Å². The fraction of sp³-hybridized carbons (Fsp3) is 0.200. The molecular weight excluding hydrogens is 336 g/mol. The minimum absolute atomic E-state index is 0.00818. The van der Waals surface area contributed by atoms with E-state index in [-0.39, 0.29) is 5.91 Å². The molecule has 2 aromatic rings. The van der Waals surface area contributed by atoms with Crippen molar-refractivity contribution in [1.82, 2.24) is 4.90 Å². The number of hydrogen-bond donors (Lipinski definition) is 0. The zero-order valence-electron chi connectivity index (χ0n) is 11.2. The van der Waals surface area contributed by atoms with Crippen LogP contribution in [0.5, 0.6) is 0 Å². The fourth-order valence-corrected chi connectivity index (χ4v) is 3.37. The van der Waals surface area contributed by atoms with E-state index >= 15 is 0 Å². The molecule has 3 nitrogen and oxygen atoms in total. The number of benzene rings is 1. The minimum atomic E-state index is -0.00818. The van der Waals surface area contributed by atoms with Gasteiger partial charge in [-0.3, -0.25) is 4.79 Å². The summed E-state index contributed by atoms with van der Waals surface area (Å²) in [5.41, 5.74) is 2.63. The maximum atomic E-state index is 12.3. The largest absolute Gasteiger partial charge is 0.337 e. The van der Waals surface area contributed by atoms with Crippen LogP contribution in [0.1, 0.15) is 26.4 Å². The molecule has 2 rings (SSSR count). The monoisotopic (exact) mass is 348 g/mol. The Kier molecular flexibility index (Phi) is 4.58. The Hall–Kier alpha value is -1.64. The van der Waals surface area contributed by atoms with E-state index in [0.29, 0.717) is 17.0 Å². The van der Waals surface area contributed by atoms with Crippen LogP contribution in [0.2, 0.25) is 0 Å². The first-order valence-corrected chi connectivity index (χ1v) is 7.62. The number of nitrogens with zero attached hydrogens (tertiary/aromatic N) is 2. The molecule has 1 amide bonds. The van der Waals surface area contributed by atoms with Crippen LogP contribution in [0.3, 0.4) is 0 Å². The van der Waals surface area contributed by atoms with Crippen molar-refractivity contribution in [3.63, 3.8) is 0 Å². The summed E-state index contributed by atoms with van der Waals surface area (Å²) in [7, 11) is 1.77. The number of aryl methyl sites for hydroxylation is 1. The van der Waals surface area contributed by atoms with Gasteiger partial charge < -0.3 is 4.90 Å². The van der Waals surface area contributed by atoms with E-state index in [1.54, 1.807) is 24.1 Å². The van der Waals surface area contributed by atoms with Crippen LogP contribution >= 0.6 is 27.3 Å². The first kappa shape index (κ1) is 14.8. The zero-order chi connectivity index (χ0) is 14.7. The van der Waals surface area contributed by atoms with Gasteiger partial charge in [0, 0.05) is 13.6 Å². The van der Waals surface area contributed by atoms with E-state index in [1.165, 1.54) is 11.3 Å². The lowest BCUT2D eigenvalue weighted by atomic mass is 10.1. The summed E-state index contributed by atoms with van der Waals surface area (Å²) >= 11 is 4.87. The van der Waals surface area contributed by atoms with Gasteiger partial charge in [0.05, 0.1) is 20.3 Å². The van der Waals surface area contributed by atoms with Gasteiger partial charge in [0.2, 0.25) is 0 Å². The van der Waals surface area contributed by atoms with Crippen LogP contribution in [0.25, 0.3) is 0 Å². The third-order valence-corrected chi connectivity index (χ3v) is 5.02. The number of halogens is 1. The summed E-state index contributed by atoms with van der Waals surface area (Å²) in [5.74, 6) is -0.00818. The van der Waals surface area contributed by atoms with Crippen molar-refractivity contribution in [2.24, 2.45) is 0 Å². The van der Waals surface area contributed by atoms with Crippen LogP contribution in [-0.4, -0.2) is 17.9 Å². The number of amides is 1. The first-order valence-electron chi connectivity index (χ1n) is 6.01. The highest BCUT2D eigenvalue weighted by atomic mass is 79.9. The van der Waals surface area contributed by atoms with Crippen LogP contribution in [0.4, 0.5) is 0 Å². The van der Waals surface area contributed by atoms with E-state index in [4.69, 9.17) is 5.26 Å². The second-order valence-corrected chi connectivity index (χ2v) is 6.91. The van der Waals surface area contributed by atoms with E-state index in [2.05, 4.69) is 22.0 Å². The molecule has 20 heavy (non-hydrogen) atoms. The van der Waals surface area contributed by atoms with Crippen molar-refractivity contribution in [3.8, 4) is 6.07 Å². The van der Waals surface area contributed by atoms with Gasteiger partial charge in [-0.15, -0.1) is 11.3 Å². The van der Waals surface area contributed by atoms with Crippen LogP contribution < -0.4 is 0 Å². The molecule has 0 bridgehead atoms. The predicted octanol–water partition coefficient (Wildman–Crippen LogP) is 3.96. The average molecular weight is 349 g/mol. The van der Waals surface area contributed by atoms with Crippen molar-refractivity contribution >= 4 is 33.2 Å². The summed E-state index contributed by atoms with van der Waals surface area (Å²) in [4.78, 5) is 14.7.